The number of anilines is 1. The van der Waals surface area contributed by atoms with Gasteiger partial charge in [0.25, 0.3) is 0 Å². The van der Waals surface area contributed by atoms with Crippen molar-refractivity contribution in [1.29, 1.82) is 0 Å². The minimum absolute atomic E-state index is 0.677. The second kappa shape index (κ2) is 8.74. The summed E-state index contributed by atoms with van der Waals surface area (Å²) in [4.78, 5) is 13.7. The van der Waals surface area contributed by atoms with Crippen LogP contribution in [-0.4, -0.2) is 34.4 Å². The van der Waals surface area contributed by atoms with E-state index in [0.717, 1.165) is 16.3 Å². The van der Waals surface area contributed by atoms with Gasteiger partial charge in [-0.15, -0.1) is 0 Å². The fraction of sp³-hybridized carbons (Fsp3) is 0.632. The predicted molar refractivity (Wildman–Crippen MR) is 97.0 cm³/mol. The van der Waals surface area contributed by atoms with Crippen LogP contribution in [0.3, 0.4) is 0 Å². The molecule has 0 aromatic heterocycles. The van der Waals surface area contributed by atoms with Crippen LogP contribution in [0.1, 0.15) is 75.6 Å². The summed E-state index contributed by atoms with van der Waals surface area (Å²) in [7, 11) is 0. The van der Waals surface area contributed by atoms with Crippen LogP contribution in [0.2, 0.25) is 0 Å². The standard InChI is InChI=1S/C19H29NOSe/c1-3-5-7-16-11-12-17(8-6-4-2)20(16)18-10-9-15(14-21)19(22)13-18/h9-10,13-14,16-17,22H,3-8,11-12H2,1-2H3. The number of benzene rings is 1. The molecule has 1 aromatic carbocycles. The van der Waals surface area contributed by atoms with Crippen molar-refractivity contribution in [3.05, 3.63) is 23.8 Å². The van der Waals surface area contributed by atoms with Gasteiger partial charge < -0.3 is 0 Å². The summed E-state index contributed by atoms with van der Waals surface area (Å²) in [5.41, 5.74) is 2.10. The first-order chi connectivity index (χ1) is 10.7. The van der Waals surface area contributed by atoms with Gasteiger partial charge in [0.05, 0.1) is 0 Å². The Balaban J connectivity index is 2.22. The first-order valence-corrected chi connectivity index (χ1v) is 9.71. The Bertz CT molecular complexity index is 472. The van der Waals surface area contributed by atoms with Gasteiger partial charge in [0.2, 0.25) is 0 Å². The molecule has 1 fully saturated rings. The molecule has 0 aliphatic carbocycles. The van der Waals surface area contributed by atoms with Crippen molar-refractivity contribution in [2.45, 2.75) is 77.3 Å². The Hall–Kier alpha value is -0.791. The molecule has 2 nitrogen and oxygen atoms in total. The van der Waals surface area contributed by atoms with E-state index in [-0.39, 0.29) is 0 Å². The van der Waals surface area contributed by atoms with Crippen LogP contribution in [0, 0.1) is 0 Å². The van der Waals surface area contributed by atoms with Crippen LogP contribution in [-0.2, 0) is 0 Å². The van der Waals surface area contributed by atoms with Crippen molar-refractivity contribution in [2.75, 3.05) is 4.90 Å². The fourth-order valence-corrected chi connectivity index (χ4v) is 4.17. The molecule has 0 radical (unpaired) electrons. The van der Waals surface area contributed by atoms with E-state index in [0.29, 0.717) is 12.1 Å². The summed E-state index contributed by atoms with van der Waals surface area (Å²) in [6, 6.07) is 7.66. The zero-order chi connectivity index (χ0) is 15.9. The van der Waals surface area contributed by atoms with E-state index in [2.05, 4.69) is 46.9 Å². The van der Waals surface area contributed by atoms with Gasteiger partial charge in [-0.2, -0.15) is 0 Å². The number of carbonyl (C=O) groups is 1. The maximum absolute atomic E-state index is 11.0. The number of hydrogen-bond acceptors (Lipinski definition) is 2. The fourth-order valence-electron chi connectivity index (χ4n) is 3.62. The Morgan fingerprint density at radius 2 is 1.73 bits per heavy atom. The van der Waals surface area contributed by atoms with E-state index >= 15 is 0 Å². The van der Waals surface area contributed by atoms with Crippen molar-refractivity contribution < 1.29 is 4.79 Å². The third-order valence-electron chi connectivity index (χ3n) is 4.84. The summed E-state index contributed by atoms with van der Waals surface area (Å²) >= 11 is 2.55. The van der Waals surface area contributed by atoms with E-state index in [9.17, 15) is 4.79 Å². The van der Waals surface area contributed by atoms with Crippen LogP contribution < -0.4 is 9.36 Å². The van der Waals surface area contributed by atoms with Crippen LogP contribution >= 0.6 is 0 Å². The van der Waals surface area contributed by atoms with Gasteiger partial charge in [0, 0.05) is 0 Å². The molecule has 22 heavy (non-hydrogen) atoms. The minimum atomic E-state index is 0.677. The first kappa shape index (κ1) is 17.6. The van der Waals surface area contributed by atoms with Gasteiger partial charge >= 0.3 is 143 Å². The number of unbranched alkanes of at least 4 members (excludes halogenated alkanes) is 2. The van der Waals surface area contributed by atoms with Crippen molar-refractivity contribution in [3.63, 3.8) is 0 Å². The molecular formula is C19H29NOSe. The molecular weight excluding hydrogens is 337 g/mol. The van der Waals surface area contributed by atoms with Crippen molar-refractivity contribution in [1.82, 2.24) is 0 Å². The summed E-state index contributed by atoms with van der Waals surface area (Å²) in [5.74, 6) is 0. The number of nitrogens with zero attached hydrogens (tertiary/aromatic N) is 1. The van der Waals surface area contributed by atoms with Crippen LogP contribution in [0.25, 0.3) is 0 Å². The van der Waals surface area contributed by atoms with Gasteiger partial charge in [-0.25, -0.2) is 0 Å². The number of aldehydes is 1. The quantitative estimate of drug-likeness (QED) is 0.516. The van der Waals surface area contributed by atoms with Gasteiger partial charge in [0.1, 0.15) is 0 Å². The SMILES string of the molecule is CCCCC1CCC(CCCC)N1c1ccc(C=O)c([SeH])c1. The van der Waals surface area contributed by atoms with Gasteiger partial charge in [-0.3, -0.25) is 0 Å². The molecule has 1 saturated heterocycles. The second-order valence-corrected chi connectivity index (χ2v) is 7.45. The normalized spacial score (nSPS) is 21.3. The van der Waals surface area contributed by atoms with E-state index in [1.807, 2.05) is 6.07 Å². The summed E-state index contributed by atoms with van der Waals surface area (Å²) < 4.78 is 1.04. The average Bonchev–Trinajstić information content (AvgIpc) is 2.93. The molecule has 0 N–H and O–H groups in total. The molecule has 1 aliphatic heterocycles. The molecule has 2 atom stereocenters. The molecule has 2 rings (SSSR count). The summed E-state index contributed by atoms with van der Waals surface area (Å²) in [5, 5.41) is 0. The number of carbonyl (C=O) groups excluding carboxylic acids is 1. The molecule has 0 amide bonds. The van der Waals surface area contributed by atoms with Gasteiger partial charge in [-0.05, 0) is 0 Å². The van der Waals surface area contributed by atoms with Crippen LogP contribution in [0.15, 0.2) is 18.2 Å². The second-order valence-electron chi connectivity index (χ2n) is 6.44. The average molecular weight is 366 g/mol. The first-order valence-electron chi connectivity index (χ1n) is 8.77. The van der Waals surface area contributed by atoms with Crippen LogP contribution in [0.5, 0.6) is 0 Å². The Kier molecular flexibility index (Phi) is 6.98. The van der Waals surface area contributed by atoms with Crippen LogP contribution in [0.4, 0.5) is 5.69 Å². The molecule has 1 heterocycles. The molecule has 2 unspecified atom stereocenters. The van der Waals surface area contributed by atoms with Gasteiger partial charge in [-0.1, -0.05) is 0 Å². The molecule has 1 aromatic rings. The Labute approximate surface area is 143 Å². The third kappa shape index (κ3) is 4.14. The van der Waals surface area contributed by atoms with E-state index in [1.165, 1.54) is 57.1 Å². The van der Waals surface area contributed by atoms with Crippen molar-refractivity contribution >= 4 is 32.4 Å². The number of rotatable bonds is 8. The summed E-state index contributed by atoms with van der Waals surface area (Å²) in [6.07, 6.45) is 11.3. The molecule has 122 valence electrons. The van der Waals surface area contributed by atoms with Crippen molar-refractivity contribution in [3.8, 4) is 0 Å². The maximum atomic E-state index is 11.0. The monoisotopic (exact) mass is 367 g/mol. The zero-order valence-corrected chi connectivity index (χ0v) is 15.8. The molecule has 0 spiro atoms. The number of hydrogen-bond donors (Lipinski definition) is 0. The molecule has 3 heteroatoms. The summed E-state index contributed by atoms with van der Waals surface area (Å²) in [6.45, 7) is 4.54. The molecule has 0 bridgehead atoms. The predicted octanol–water partition coefficient (Wildman–Crippen LogP) is 3.74. The van der Waals surface area contributed by atoms with Gasteiger partial charge in [0.15, 0.2) is 0 Å². The third-order valence-corrected chi connectivity index (χ3v) is 5.65. The molecule has 1 aliphatic rings. The Morgan fingerprint density at radius 1 is 1.14 bits per heavy atom. The van der Waals surface area contributed by atoms with E-state index < -0.39 is 0 Å². The van der Waals surface area contributed by atoms with E-state index in [1.54, 1.807) is 0 Å². The zero-order valence-electron chi connectivity index (χ0n) is 13.9. The van der Waals surface area contributed by atoms with Crippen molar-refractivity contribution in [2.24, 2.45) is 0 Å². The van der Waals surface area contributed by atoms with E-state index in [4.69, 9.17) is 0 Å². The topological polar surface area (TPSA) is 20.3 Å². The molecule has 0 saturated carbocycles. The Morgan fingerprint density at radius 3 is 2.18 bits per heavy atom.